The Labute approximate surface area is 200 Å². The maximum atomic E-state index is 12.4. The number of ether oxygens (including phenoxy) is 1. The summed E-state index contributed by atoms with van der Waals surface area (Å²) in [6.45, 7) is 7.94. The van der Waals surface area contributed by atoms with Gasteiger partial charge in [0, 0.05) is 18.4 Å². The van der Waals surface area contributed by atoms with E-state index in [1.54, 1.807) is 6.92 Å². The van der Waals surface area contributed by atoms with Crippen LogP contribution in [0.15, 0.2) is 48.5 Å². The van der Waals surface area contributed by atoms with Crippen molar-refractivity contribution in [3.63, 3.8) is 0 Å². The highest BCUT2D eigenvalue weighted by molar-refractivity contribution is 5.84. The number of aliphatic carboxylic acids is 1. The molecule has 0 spiro atoms. The van der Waals surface area contributed by atoms with Gasteiger partial charge in [-0.2, -0.15) is 0 Å². The third kappa shape index (κ3) is 6.59. The number of carbonyl (C=O) groups is 3. The van der Waals surface area contributed by atoms with Crippen LogP contribution in [0.25, 0.3) is 11.1 Å². The molecular formula is C27H34N2O5. The number of hydrogen-bond donors (Lipinski definition) is 3. The lowest BCUT2D eigenvalue weighted by Crippen LogP contribution is -2.44. The van der Waals surface area contributed by atoms with Gasteiger partial charge in [-0.25, -0.2) is 9.59 Å². The van der Waals surface area contributed by atoms with Gasteiger partial charge in [-0.05, 0) is 47.4 Å². The Bertz CT molecular complexity index is 998. The average Bonchev–Trinajstić information content (AvgIpc) is 3.08. The van der Waals surface area contributed by atoms with Gasteiger partial charge in [0.05, 0.1) is 0 Å². The fraction of sp³-hybridized carbons (Fsp3) is 0.444. The first kappa shape index (κ1) is 25.3. The summed E-state index contributed by atoms with van der Waals surface area (Å²) in [5.41, 5.74) is 4.52. The number of carbonyl (C=O) groups excluding carboxylic acids is 2. The summed E-state index contributed by atoms with van der Waals surface area (Å²) in [6, 6.07) is 14.7. The molecule has 7 heteroatoms. The second-order valence-corrected chi connectivity index (χ2v) is 10.1. The number of carboxylic acids is 1. The molecule has 182 valence electrons. The number of hydrogen-bond acceptors (Lipinski definition) is 4. The summed E-state index contributed by atoms with van der Waals surface area (Å²) >= 11 is 0. The van der Waals surface area contributed by atoms with Crippen LogP contribution in [0.2, 0.25) is 0 Å². The zero-order chi connectivity index (χ0) is 24.9. The van der Waals surface area contributed by atoms with E-state index in [-0.39, 0.29) is 24.4 Å². The van der Waals surface area contributed by atoms with Crippen molar-refractivity contribution in [2.24, 2.45) is 5.41 Å². The first-order valence-electron chi connectivity index (χ1n) is 11.7. The van der Waals surface area contributed by atoms with Gasteiger partial charge in [-0.15, -0.1) is 0 Å². The molecule has 0 bridgehead atoms. The van der Waals surface area contributed by atoms with Crippen LogP contribution < -0.4 is 10.6 Å². The first-order chi connectivity index (χ1) is 16.0. The van der Waals surface area contributed by atoms with Crippen LogP contribution in [0.5, 0.6) is 0 Å². The summed E-state index contributed by atoms with van der Waals surface area (Å²) < 4.78 is 5.51. The molecular weight excluding hydrogens is 432 g/mol. The van der Waals surface area contributed by atoms with E-state index in [9.17, 15) is 19.5 Å². The van der Waals surface area contributed by atoms with Crippen molar-refractivity contribution in [3.05, 3.63) is 59.7 Å². The second-order valence-electron chi connectivity index (χ2n) is 10.1. The van der Waals surface area contributed by atoms with Crippen LogP contribution >= 0.6 is 0 Å². The van der Waals surface area contributed by atoms with Crippen LogP contribution in [0.3, 0.4) is 0 Å². The molecule has 0 aliphatic heterocycles. The smallest absolute Gasteiger partial charge is 0.407 e. The van der Waals surface area contributed by atoms with Crippen molar-refractivity contribution in [2.75, 3.05) is 6.61 Å². The Hall–Kier alpha value is -3.35. The minimum absolute atomic E-state index is 0.0304. The molecule has 3 rings (SSSR count). The SMILES string of the molecule is C[C@H](CC(=O)NC(CCC(C)(C)C)C(=O)O)NC(=O)OCC1c2ccccc2-c2ccccc21. The number of benzene rings is 2. The quantitative estimate of drug-likeness (QED) is 0.497. The van der Waals surface area contributed by atoms with E-state index >= 15 is 0 Å². The molecule has 34 heavy (non-hydrogen) atoms. The molecule has 1 unspecified atom stereocenters. The van der Waals surface area contributed by atoms with Gasteiger partial charge in [-0.1, -0.05) is 69.3 Å². The largest absolute Gasteiger partial charge is 0.480 e. The van der Waals surface area contributed by atoms with E-state index in [2.05, 4.69) is 22.8 Å². The van der Waals surface area contributed by atoms with Crippen molar-refractivity contribution in [1.29, 1.82) is 0 Å². The Morgan fingerprint density at radius 1 is 0.971 bits per heavy atom. The summed E-state index contributed by atoms with van der Waals surface area (Å²) in [7, 11) is 0. The lowest BCUT2D eigenvalue weighted by molar-refractivity contribution is -0.142. The predicted octanol–water partition coefficient (Wildman–Crippen LogP) is 4.70. The van der Waals surface area contributed by atoms with E-state index in [1.165, 1.54) is 0 Å². The topological polar surface area (TPSA) is 105 Å². The minimum atomic E-state index is -1.06. The lowest BCUT2D eigenvalue weighted by Gasteiger charge is -2.22. The van der Waals surface area contributed by atoms with Crippen molar-refractivity contribution < 1.29 is 24.2 Å². The number of amides is 2. The Morgan fingerprint density at radius 2 is 1.53 bits per heavy atom. The van der Waals surface area contributed by atoms with E-state index < -0.39 is 30.1 Å². The zero-order valence-corrected chi connectivity index (χ0v) is 20.3. The number of fused-ring (bicyclic) bond motifs is 3. The second kappa shape index (κ2) is 10.7. The van der Waals surface area contributed by atoms with Crippen molar-refractivity contribution in [3.8, 4) is 11.1 Å². The molecule has 2 aromatic rings. The highest BCUT2D eigenvalue weighted by atomic mass is 16.5. The van der Waals surface area contributed by atoms with Crippen molar-refractivity contribution >= 4 is 18.0 Å². The van der Waals surface area contributed by atoms with Crippen LogP contribution in [-0.2, 0) is 14.3 Å². The van der Waals surface area contributed by atoms with Gasteiger partial charge in [0.15, 0.2) is 0 Å². The van der Waals surface area contributed by atoms with Crippen LogP contribution in [0.1, 0.15) is 64.0 Å². The maximum absolute atomic E-state index is 12.4. The molecule has 0 heterocycles. The molecule has 3 N–H and O–H groups in total. The molecule has 2 aromatic carbocycles. The van der Waals surface area contributed by atoms with Gasteiger partial charge in [0.1, 0.15) is 12.6 Å². The Morgan fingerprint density at radius 3 is 2.06 bits per heavy atom. The van der Waals surface area contributed by atoms with Crippen LogP contribution in [0.4, 0.5) is 4.79 Å². The number of carboxylic acid groups (broad SMARTS) is 1. The van der Waals surface area contributed by atoms with Crippen LogP contribution in [-0.4, -0.2) is 41.8 Å². The van der Waals surface area contributed by atoms with E-state index in [1.807, 2.05) is 57.2 Å². The van der Waals surface area contributed by atoms with E-state index in [4.69, 9.17) is 4.74 Å². The normalized spacial score (nSPS) is 14.5. The number of nitrogens with one attached hydrogen (secondary N) is 2. The first-order valence-corrected chi connectivity index (χ1v) is 11.7. The molecule has 1 aliphatic carbocycles. The molecule has 7 nitrogen and oxygen atoms in total. The molecule has 0 radical (unpaired) electrons. The molecule has 1 aliphatic rings. The maximum Gasteiger partial charge on any atom is 0.407 e. The van der Waals surface area contributed by atoms with Gasteiger partial charge >= 0.3 is 12.1 Å². The number of alkyl carbamates (subject to hydrolysis) is 1. The fourth-order valence-electron chi connectivity index (χ4n) is 4.26. The highest BCUT2D eigenvalue weighted by Crippen LogP contribution is 2.44. The molecule has 0 saturated carbocycles. The summed E-state index contributed by atoms with van der Waals surface area (Å²) in [5.74, 6) is -1.53. The standard InChI is InChI=1S/C27H34N2O5/c1-17(15-24(30)29-23(25(31)32)13-14-27(2,3)4)28-26(33)34-16-22-20-11-7-5-9-18(20)19-10-6-8-12-21(19)22/h5-12,17,22-23H,13-16H2,1-4H3,(H,28,33)(H,29,30)(H,31,32)/t17-,23?/m1/s1. The monoisotopic (exact) mass is 466 g/mol. The summed E-state index contributed by atoms with van der Waals surface area (Å²) in [5, 5.41) is 14.6. The van der Waals surface area contributed by atoms with Gasteiger partial charge in [0.25, 0.3) is 0 Å². The van der Waals surface area contributed by atoms with Crippen molar-refractivity contribution in [1.82, 2.24) is 10.6 Å². The minimum Gasteiger partial charge on any atom is -0.480 e. The fourth-order valence-corrected chi connectivity index (χ4v) is 4.26. The van der Waals surface area contributed by atoms with E-state index in [0.717, 1.165) is 22.3 Å². The number of rotatable bonds is 9. The van der Waals surface area contributed by atoms with Crippen molar-refractivity contribution in [2.45, 2.75) is 65.0 Å². The molecule has 0 aromatic heterocycles. The van der Waals surface area contributed by atoms with Gasteiger partial charge in [0.2, 0.25) is 5.91 Å². The average molecular weight is 467 g/mol. The lowest BCUT2D eigenvalue weighted by atomic mass is 9.88. The Kier molecular flexibility index (Phi) is 7.97. The molecule has 2 atom stereocenters. The molecule has 2 amide bonds. The summed E-state index contributed by atoms with van der Waals surface area (Å²) in [4.78, 5) is 36.2. The van der Waals surface area contributed by atoms with Gasteiger partial charge < -0.3 is 20.5 Å². The summed E-state index contributed by atoms with van der Waals surface area (Å²) in [6.07, 6.45) is 0.365. The van der Waals surface area contributed by atoms with E-state index in [0.29, 0.717) is 12.8 Å². The zero-order valence-electron chi connectivity index (χ0n) is 20.3. The molecule has 0 fully saturated rings. The van der Waals surface area contributed by atoms with Crippen LogP contribution in [0, 0.1) is 5.41 Å². The highest BCUT2D eigenvalue weighted by Gasteiger charge is 2.29. The Balaban J connectivity index is 1.50. The molecule has 0 saturated heterocycles. The third-order valence-corrected chi connectivity index (χ3v) is 6.02. The third-order valence-electron chi connectivity index (χ3n) is 6.02. The predicted molar refractivity (Wildman–Crippen MR) is 131 cm³/mol. The van der Waals surface area contributed by atoms with Gasteiger partial charge in [-0.3, -0.25) is 4.79 Å².